The Morgan fingerprint density at radius 2 is 1.91 bits per heavy atom. The number of thiocarbonyl (C=S) groups is 1. The lowest BCUT2D eigenvalue weighted by Crippen LogP contribution is -2.41. The summed E-state index contributed by atoms with van der Waals surface area (Å²) in [4.78, 5) is 27.2. The van der Waals surface area contributed by atoms with Gasteiger partial charge in [0.2, 0.25) is 0 Å². The molecule has 0 spiro atoms. The number of ether oxygens (including phenoxy) is 2. The van der Waals surface area contributed by atoms with E-state index >= 15 is 0 Å². The molecular weight excluding hydrogens is 462 g/mol. The van der Waals surface area contributed by atoms with Gasteiger partial charge < -0.3 is 20.1 Å². The smallest absolute Gasteiger partial charge is 0.276 e. The second kappa shape index (κ2) is 11.4. The van der Waals surface area contributed by atoms with Crippen molar-refractivity contribution in [3.63, 3.8) is 0 Å². The molecule has 0 bridgehead atoms. The van der Waals surface area contributed by atoms with Gasteiger partial charge in [-0.05, 0) is 74.3 Å². The van der Waals surface area contributed by atoms with E-state index in [1.165, 1.54) is 6.42 Å². The van der Waals surface area contributed by atoms with Crippen LogP contribution in [0.25, 0.3) is 6.08 Å². The fourth-order valence-corrected chi connectivity index (χ4v) is 4.77. The van der Waals surface area contributed by atoms with Gasteiger partial charge in [0.1, 0.15) is 5.70 Å². The van der Waals surface area contributed by atoms with Gasteiger partial charge in [-0.25, -0.2) is 0 Å². The Labute approximate surface area is 211 Å². The molecule has 7 nitrogen and oxygen atoms in total. The number of para-hydroxylation sites is 1. The van der Waals surface area contributed by atoms with Crippen molar-refractivity contribution in [2.75, 3.05) is 18.5 Å². The highest BCUT2D eigenvalue weighted by atomic mass is 32.1. The third-order valence-electron chi connectivity index (χ3n) is 6.21. The van der Waals surface area contributed by atoms with Gasteiger partial charge in [-0.1, -0.05) is 43.5 Å². The van der Waals surface area contributed by atoms with Crippen LogP contribution in [0.15, 0.2) is 48.2 Å². The fraction of sp³-hybridized carbons (Fsp3) is 0.370. The summed E-state index contributed by atoms with van der Waals surface area (Å²) in [5.74, 6) is 0.611. The molecule has 8 heteroatoms. The molecule has 1 aliphatic heterocycles. The quantitative estimate of drug-likeness (QED) is 0.406. The fourth-order valence-electron chi connectivity index (χ4n) is 4.43. The number of benzene rings is 2. The van der Waals surface area contributed by atoms with Gasteiger partial charge in [0.15, 0.2) is 23.2 Å². The van der Waals surface area contributed by atoms with Crippen LogP contribution in [-0.2, 0) is 9.59 Å². The Balaban J connectivity index is 1.44. The number of rotatable bonds is 8. The van der Waals surface area contributed by atoms with Crippen LogP contribution in [0.3, 0.4) is 0 Å². The maximum Gasteiger partial charge on any atom is 0.276 e. The minimum Gasteiger partial charge on any atom is -0.490 e. The third-order valence-corrected chi connectivity index (χ3v) is 6.50. The molecule has 0 aromatic heterocycles. The van der Waals surface area contributed by atoms with E-state index in [9.17, 15) is 9.59 Å². The number of nitrogens with one attached hydrogen (secondary N) is 2. The summed E-state index contributed by atoms with van der Waals surface area (Å²) in [5.41, 5.74) is 2.95. The van der Waals surface area contributed by atoms with Crippen LogP contribution in [0.5, 0.6) is 11.5 Å². The van der Waals surface area contributed by atoms with E-state index in [4.69, 9.17) is 21.7 Å². The Hall–Kier alpha value is -3.39. The molecule has 0 unspecified atom stereocenters. The first-order valence-corrected chi connectivity index (χ1v) is 12.5. The van der Waals surface area contributed by atoms with Crippen molar-refractivity contribution >= 4 is 40.9 Å². The molecule has 35 heavy (non-hydrogen) atoms. The van der Waals surface area contributed by atoms with E-state index in [0.717, 1.165) is 42.5 Å². The van der Waals surface area contributed by atoms with E-state index < -0.39 is 0 Å². The van der Waals surface area contributed by atoms with Crippen molar-refractivity contribution in [3.05, 3.63) is 59.3 Å². The van der Waals surface area contributed by atoms with Crippen molar-refractivity contribution in [2.45, 2.75) is 52.0 Å². The van der Waals surface area contributed by atoms with Crippen molar-refractivity contribution < 1.29 is 19.1 Å². The van der Waals surface area contributed by atoms with Gasteiger partial charge in [0, 0.05) is 11.7 Å². The van der Waals surface area contributed by atoms with E-state index in [2.05, 4.69) is 10.6 Å². The summed E-state index contributed by atoms with van der Waals surface area (Å²) in [7, 11) is 0. The highest BCUT2D eigenvalue weighted by Crippen LogP contribution is 2.31. The molecule has 1 heterocycles. The largest absolute Gasteiger partial charge is 0.490 e. The summed E-state index contributed by atoms with van der Waals surface area (Å²) in [6.45, 7) is 4.09. The molecule has 2 fully saturated rings. The van der Waals surface area contributed by atoms with E-state index in [-0.39, 0.29) is 24.5 Å². The first-order valence-electron chi connectivity index (χ1n) is 12.1. The molecule has 2 N–H and O–H groups in total. The summed E-state index contributed by atoms with van der Waals surface area (Å²) in [6, 6.07) is 13.1. The molecule has 2 aromatic rings. The molecule has 2 aliphatic rings. The van der Waals surface area contributed by atoms with Crippen molar-refractivity contribution in [2.24, 2.45) is 0 Å². The Bertz CT molecular complexity index is 1140. The second-order valence-corrected chi connectivity index (χ2v) is 9.13. The predicted octanol–water partition coefficient (Wildman–Crippen LogP) is 4.80. The molecule has 2 aromatic carbocycles. The minimum absolute atomic E-state index is 0.0898. The van der Waals surface area contributed by atoms with E-state index in [0.29, 0.717) is 28.9 Å². The van der Waals surface area contributed by atoms with Crippen molar-refractivity contribution in [3.8, 4) is 11.5 Å². The highest BCUT2D eigenvalue weighted by molar-refractivity contribution is 7.80. The average Bonchev–Trinajstić information content (AvgIpc) is 3.13. The van der Waals surface area contributed by atoms with E-state index in [1.807, 2.05) is 44.2 Å². The zero-order valence-corrected chi connectivity index (χ0v) is 21.0. The average molecular weight is 494 g/mol. The number of anilines is 1. The standard InChI is InChI=1S/C27H31N3O4S/c1-3-33-24-16-19(15-22-26(32)30(27(35)29-22)20-10-5-4-6-11-20)13-14-23(24)34-17-25(31)28-21-12-8-7-9-18(21)2/h7-9,12-16,20H,3-6,10-11,17H2,1-2H3,(H,28,31)(H,29,35)/b22-15+. The minimum atomic E-state index is -0.259. The molecule has 1 saturated heterocycles. The van der Waals surface area contributed by atoms with Gasteiger partial charge in [-0.15, -0.1) is 0 Å². The first-order chi connectivity index (χ1) is 17.0. The van der Waals surface area contributed by atoms with Crippen LogP contribution in [0.4, 0.5) is 5.69 Å². The molecule has 184 valence electrons. The molecule has 1 aliphatic carbocycles. The molecule has 1 saturated carbocycles. The monoisotopic (exact) mass is 493 g/mol. The summed E-state index contributed by atoms with van der Waals surface area (Å²) >= 11 is 5.46. The maximum absolute atomic E-state index is 13.1. The Morgan fingerprint density at radius 1 is 1.14 bits per heavy atom. The van der Waals surface area contributed by atoms with Gasteiger partial charge >= 0.3 is 0 Å². The normalized spacial score (nSPS) is 17.4. The zero-order chi connectivity index (χ0) is 24.8. The predicted molar refractivity (Wildman–Crippen MR) is 140 cm³/mol. The SMILES string of the molecule is CCOc1cc(/C=C2/NC(=S)N(C3CCCCC3)C2=O)ccc1OCC(=O)Nc1ccccc1C. The van der Waals surface area contributed by atoms with Gasteiger partial charge in [0.05, 0.1) is 6.61 Å². The first kappa shape index (κ1) is 24.7. The van der Waals surface area contributed by atoms with Crippen LogP contribution in [0.1, 0.15) is 50.2 Å². The molecule has 0 atom stereocenters. The maximum atomic E-state index is 13.1. The van der Waals surface area contributed by atoms with Gasteiger partial charge in [0.25, 0.3) is 11.8 Å². The number of amides is 2. The number of hydrogen-bond acceptors (Lipinski definition) is 5. The highest BCUT2D eigenvalue weighted by Gasteiger charge is 2.36. The second-order valence-electron chi connectivity index (χ2n) is 8.75. The van der Waals surface area contributed by atoms with E-state index in [1.54, 1.807) is 23.1 Å². The molecule has 4 rings (SSSR count). The summed E-state index contributed by atoms with van der Waals surface area (Å²) in [6.07, 6.45) is 7.20. The van der Waals surface area contributed by atoms with Crippen LogP contribution in [0.2, 0.25) is 0 Å². The number of carbonyl (C=O) groups is 2. The zero-order valence-electron chi connectivity index (χ0n) is 20.1. The topological polar surface area (TPSA) is 79.9 Å². The van der Waals surface area contributed by atoms with Gasteiger partial charge in [-0.3, -0.25) is 14.5 Å². The number of hydrogen-bond donors (Lipinski definition) is 2. The lowest BCUT2D eigenvalue weighted by Gasteiger charge is -2.29. The summed E-state index contributed by atoms with van der Waals surface area (Å²) in [5, 5.41) is 6.40. The summed E-state index contributed by atoms with van der Waals surface area (Å²) < 4.78 is 11.5. The van der Waals surface area contributed by atoms with Crippen molar-refractivity contribution in [1.82, 2.24) is 10.2 Å². The molecule has 0 radical (unpaired) electrons. The van der Waals surface area contributed by atoms with Gasteiger partial charge in [-0.2, -0.15) is 0 Å². The number of carbonyl (C=O) groups excluding carboxylic acids is 2. The molecule has 2 amide bonds. The number of nitrogens with zero attached hydrogens (tertiary/aromatic N) is 1. The number of aryl methyl sites for hydroxylation is 1. The Morgan fingerprint density at radius 3 is 2.66 bits per heavy atom. The van der Waals surface area contributed by atoms with Crippen LogP contribution < -0.4 is 20.1 Å². The molecular formula is C27H31N3O4S. The van der Waals surface area contributed by atoms with Crippen molar-refractivity contribution in [1.29, 1.82) is 0 Å². The van der Waals surface area contributed by atoms with Crippen LogP contribution in [-0.4, -0.2) is 41.1 Å². The lowest BCUT2D eigenvalue weighted by molar-refractivity contribution is -0.124. The Kier molecular flexibility index (Phi) is 8.02. The van der Waals surface area contributed by atoms with Crippen LogP contribution >= 0.6 is 12.2 Å². The third kappa shape index (κ3) is 6.00. The lowest BCUT2D eigenvalue weighted by atomic mass is 9.94. The van der Waals surface area contributed by atoms with Crippen LogP contribution in [0, 0.1) is 6.92 Å².